The molecule has 0 spiro atoms. The van der Waals surface area contributed by atoms with Gasteiger partial charge in [0.25, 0.3) is 0 Å². The maximum atomic E-state index is 9.90. The molecule has 3 nitrogen and oxygen atoms in total. The first kappa shape index (κ1) is 13.2. The van der Waals surface area contributed by atoms with Crippen molar-refractivity contribution in [3.05, 3.63) is 23.8 Å². The van der Waals surface area contributed by atoms with E-state index in [1.54, 1.807) is 19.2 Å². The molecule has 1 aliphatic rings. The van der Waals surface area contributed by atoms with Crippen molar-refractivity contribution in [3.8, 4) is 11.5 Å². The van der Waals surface area contributed by atoms with Gasteiger partial charge in [0.05, 0.1) is 7.11 Å². The molecule has 1 saturated heterocycles. The largest absolute Gasteiger partial charge is 0.508 e. The zero-order valence-electron chi connectivity index (χ0n) is 11.4. The van der Waals surface area contributed by atoms with E-state index in [0.717, 1.165) is 36.9 Å². The lowest BCUT2D eigenvalue weighted by Crippen LogP contribution is -2.24. The standard InChI is InChI=1S/C15H23NO2/c1-12-4-3-8-16(9-7-12)11-13-10-14(18-2)5-6-15(13)17/h5-6,10,12,17H,3-4,7-9,11H2,1-2H3. The van der Waals surface area contributed by atoms with Gasteiger partial charge in [-0.15, -0.1) is 0 Å². The van der Waals surface area contributed by atoms with E-state index >= 15 is 0 Å². The minimum atomic E-state index is 0.369. The van der Waals surface area contributed by atoms with Crippen LogP contribution in [0.1, 0.15) is 31.7 Å². The van der Waals surface area contributed by atoms with Crippen LogP contribution in [0, 0.1) is 5.92 Å². The predicted molar refractivity (Wildman–Crippen MR) is 73.0 cm³/mol. The van der Waals surface area contributed by atoms with Gasteiger partial charge in [0.2, 0.25) is 0 Å². The van der Waals surface area contributed by atoms with Crippen LogP contribution in [0.5, 0.6) is 11.5 Å². The number of phenolic OH excluding ortho intramolecular Hbond substituents is 1. The summed E-state index contributed by atoms with van der Waals surface area (Å²) in [4.78, 5) is 2.43. The topological polar surface area (TPSA) is 32.7 Å². The molecular weight excluding hydrogens is 226 g/mol. The molecule has 0 aliphatic carbocycles. The van der Waals surface area contributed by atoms with Crippen LogP contribution in [-0.4, -0.2) is 30.2 Å². The Morgan fingerprint density at radius 1 is 1.33 bits per heavy atom. The molecule has 0 amide bonds. The number of ether oxygens (including phenoxy) is 1. The molecule has 1 unspecified atom stereocenters. The third kappa shape index (κ3) is 3.39. The number of rotatable bonds is 3. The number of benzene rings is 1. The van der Waals surface area contributed by atoms with Crippen molar-refractivity contribution in [2.45, 2.75) is 32.7 Å². The van der Waals surface area contributed by atoms with Gasteiger partial charge in [-0.1, -0.05) is 6.92 Å². The molecule has 0 bridgehead atoms. The summed E-state index contributed by atoms with van der Waals surface area (Å²) < 4.78 is 5.21. The Bertz CT molecular complexity index is 392. The van der Waals surface area contributed by atoms with E-state index in [4.69, 9.17) is 4.74 Å². The lowest BCUT2D eigenvalue weighted by Gasteiger charge is -2.20. The van der Waals surface area contributed by atoms with Crippen LogP contribution in [0.15, 0.2) is 18.2 Å². The van der Waals surface area contributed by atoms with Gasteiger partial charge in [-0.3, -0.25) is 4.90 Å². The van der Waals surface area contributed by atoms with Gasteiger partial charge in [0.1, 0.15) is 11.5 Å². The Morgan fingerprint density at radius 2 is 2.17 bits per heavy atom. The maximum absolute atomic E-state index is 9.90. The number of methoxy groups -OCH3 is 1. The first-order valence-corrected chi connectivity index (χ1v) is 6.77. The molecule has 1 aliphatic heterocycles. The van der Waals surface area contributed by atoms with Crippen LogP contribution < -0.4 is 4.74 Å². The van der Waals surface area contributed by atoms with Gasteiger partial charge < -0.3 is 9.84 Å². The average Bonchev–Trinajstić information content (AvgIpc) is 2.57. The highest BCUT2D eigenvalue weighted by Gasteiger charge is 2.15. The zero-order chi connectivity index (χ0) is 13.0. The lowest BCUT2D eigenvalue weighted by molar-refractivity contribution is 0.269. The van der Waals surface area contributed by atoms with Crippen molar-refractivity contribution >= 4 is 0 Å². The second kappa shape index (κ2) is 6.10. The van der Waals surface area contributed by atoms with Crippen molar-refractivity contribution < 1.29 is 9.84 Å². The van der Waals surface area contributed by atoms with Gasteiger partial charge >= 0.3 is 0 Å². The zero-order valence-corrected chi connectivity index (χ0v) is 11.4. The summed E-state index contributed by atoms with van der Waals surface area (Å²) >= 11 is 0. The van der Waals surface area contributed by atoms with E-state index in [1.165, 1.54) is 19.3 Å². The quantitative estimate of drug-likeness (QED) is 0.893. The molecule has 3 heteroatoms. The van der Waals surface area contributed by atoms with Crippen LogP contribution in [0.4, 0.5) is 0 Å². The molecule has 100 valence electrons. The predicted octanol–water partition coefficient (Wildman–Crippen LogP) is 3.02. The Morgan fingerprint density at radius 3 is 2.94 bits per heavy atom. The molecule has 18 heavy (non-hydrogen) atoms. The fourth-order valence-electron chi connectivity index (χ4n) is 2.54. The first-order valence-electron chi connectivity index (χ1n) is 6.77. The fraction of sp³-hybridized carbons (Fsp3) is 0.600. The third-order valence-corrected chi connectivity index (χ3v) is 3.79. The normalized spacial score (nSPS) is 21.6. The summed E-state index contributed by atoms with van der Waals surface area (Å²) in [6, 6.07) is 5.45. The molecule has 1 aromatic rings. The van der Waals surface area contributed by atoms with Crippen LogP contribution >= 0.6 is 0 Å². The highest BCUT2D eigenvalue weighted by Crippen LogP contribution is 2.25. The highest BCUT2D eigenvalue weighted by atomic mass is 16.5. The van der Waals surface area contributed by atoms with E-state index in [2.05, 4.69) is 11.8 Å². The SMILES string of the molecule is COc1ccc(O)c(CN2CCCC(C)CC2)c1. The van der Waals surface area contributed by atoms with Crippen molar-refractivity contribution in [2.75, 3.05) is 20.2 Å². The minimum Gasteiger partial charge on any atom is -0.508 e. The number of nitrogens with zero attached hydrogens (tertiary/aromatic N) is 1. The van der Waals surface area contributed by atoms with Crippen LogP contribution in [0.3, 0.4) is 0 Å². The van der Waals surface area contributed by atoms with E-state index in [9.17, 15) is 5.11 Å². The van der Waals surface area contributed by atoms with Crippen LogP contribution in [0.25, 0.3) is 0 Å². The number of hydrogen-bond acceptors (Lipinski definition) is 3. The Kier molecular flexibility index (Phi) is 4.48. The number of hydrogen-bond donors (Lipinski definition) is 1. The van der Waals surface area contributed by atoms with Crippen molar-refractivity contribution in [1.29, 1.82) is 0 Å². The van der Waals surface area contributed by atoms with Crippen LogP contribution in [-0.2, 0) is 6.54 Å². The van der Waals surface area contributed by atoms with Crippen LogP contribution in [0.2, 0.25) is 0 Å². The summed E-state index contributed by atoms with van der Waals surface area (Å²) in [5.74, 6) is 2.01. The fourth-order valence-corrected chi connectivity index (χ4v) is 2.54. The smallest absolute Gasteiger partial charge is 0.120 e. The molecule has 0 saturated carbocycles. The summed E-state index contributed by atoms with van der Waals surface area (Å²) in [5.41, 5.74) is 0.962. The van der Waals surface area contributed by atoms with Gasteiger partial charge in [0, 0.05) is 12.1 Å². The molecule has 1 N–H and O–H groups in total. The highest BCUT2D eigenvalue weighted by molar-refractivity contribution is 5.39. The maximum Gasteiger partial charge on any atom is 0.120 e. The molecule has 1 heterocycles. The van der Waals surface area contributed by atoms with Gasteiger partial charge in [-0.05, 0) is 56.5 Å². The summed E-state index contributed by atoms with van der Waals surface area (Å²) in [7, 11) is 1.66. The molecular formula is C15H23NO2. The second-order valence-corrected chi connectivity index (χ2v) is 5.31. The first-order chi connectivity index (χ1) is 8.69. The lowest BCUT2D eigenvalue weighted by atomic mass is 10.0. The monoisotopic (exact) mass is 249 g/mol. The summed E-state index contributed by atoms with van der Waals surface area (Å²) in [6.45, 7) is 5.39. The Balaban J connectivity index is 2.03. The third-order valence-electron chi connectivity index (χ3n) is 3.79. The van der Waals surface area contributed by atoms with Crippen molar-refractivity contribution in [2.24, 2.45) is 5.92 Å². The van der Waals surface area contributed by atoms with Gasteiger partial charge in [0.15, 0.2) is 0 Å². The second-order valence-electron chi connectivity index (χ2n) is 5.31. The number of likely N-dealkylation sites (tertiary alicyclic amines) is 1. The molecule has 1 aromatic carbocycles. The average molecular weight is 249 g/mol. The van der Waals surface area contributed by atoms with Crippen molar-refractivity contribution in [1.82, 2.24) is 4.90 Å². The Labute approximate surface area is 109 Å². The van der Waals surface area contributed by atoms with E-state index in [-0.39, 0.29) is 0 Å². The van der Waals surface area contributed by atoms with E-state index in [1.807, 2.05) is 6.07 Å². The van der Waals surface area contributed by atoms with Crippen molar-refractivity contribution in [3.63, 3.8) is 0 Å². The van der Waals surface area contributed by atoms with Gasteiger partial charge in [-0.25, -0.2) is 0 Å². The summed E-state index contributed by atoms with van der Waals surface area (Å²) in [5, 5.41) is 9.90. The van der Waals surface area contributed by atoms with E-state index in [0.29, 0.717) is 5.75 Å². The molecule has 1 atom stereocenters. The van der Waals surface area contributed by atoms with Gasteiger partial charge in [-0.2, -0.15) is 0 Å². The number of phenols is 1. The minimum absolute atomic E-state index is 0.369. The molecule has 2 rings (SSSR count). The van der Waals surface area contributed by atoms with E-state index < -0.39 is 0 Å². The Hall–Kier alpha value is -1.22. The molecule has 0 aromatic heterocycles. The summed E-state index contributed by atoms with van der Waals surface area (Å²) in [6.07, 6.45) is 3.83. The number of aromatic hydroxyl groups is 1. The molecule has 0 radical (unpaired) electrons. The molecule has 1 fully saturated rings.